The number of esters is 1. The second-order valence-electron chi connectivity index (χ2n) is 33.5. The van der Waals surface area contributed by atoms with E-state index in [1.807, 2.05) is 0 Å². The number of phenolic OH excluding ortho intramolecular Hbond substituents is 4. The zero-order valence-corrected chi connectivity index (χ0v) is 72.3. The van der Waals surface area contributed by atoms with Gasteiger partial charge in [0.1, 0.15) is 131 Å². The minimum absolute atomic E-state index is 0.0525. The van der Waals surface area contributed by atoms with Crippen LogP contribution in [-0.2, 0) is 68.5 Å². The number of likely N-dealkylation sites (N-methyl/N-ethyl adjacent to an activating group) is 1. The van der Waals surface area contributed by atoms with E-state index in [1.54, 1.807) is 20.8 Å². The SMILES string of the molecule is COC(=O)[C@H]1O[C@@H](Oc2c3cc4cc2Oc2ccc(cc2Cl)[C@@H](O)[C@@H]2NC(=O)[C@H](NC(=O)[C@@H]4NC(=O)[C@H]4NC(=O)[C@@H](Cc5ccc(cc5)O3)NC(=O)[C@H](N(C)C(=O)OC(C)(C)C)c3ccc(O)c(c3)Oc3cc(O)c(Cl)c4c3)c3ccc(O)c(c3)-c3c(O[C@H]4O[C@H](CO)[C@@H](O)[C@H](O)[C@@H]4O)cc(O)cc3[C@H](C(=O)O)NC2=O)[C@H](NC(=O)CCCCCCCCC(C)C)[C@@H](O)[C@@H]1O. The van der Waals surface area contributed by atoms with E-state index < -0.39 is 294 Å². The first-order valence-corrected chi connectivity index (χ1v) is 42.3. The fourth-order valence-electron chi connectivity index (χ4n) is 15.8. The fraction of sp³-hybridized carbons (Fsp3) is 0.416. The maximum absolute atomic E-state index is 16.8. The van der Waals surface area contributed by atoms with Gasteiger partial charge in [-0.05, 0) is 134 Å². The summed E-state index contributed by atoms with van der Waals surface area (Å²) in [5, 5.41) is 155. The number of rotatable bonds is 18. The van der Waals surface area contributed by atoms with Crippen molar-refractivity contribution in [2.45, 2.75) is 208 Å². The molecule has 7 aromatic rings. The Labute approximate surface area is 751 Å². The van der Waals surface area contributed by atoms with Gasteiger partial charge in [0.15, 0.2) is 35.1 Å². The summed E-state index contributed by atoms with van der Waals surface area (Å²) in [5.41, 5.74) is -4.86. The number of carbonyl (C=O) groups is 10. The molecule has 2 fully saturated rings. The number of aliphatic carboxylic acids is 1. The third-order valence-corrected chi connectivity index (χ3v) is 23.3. The molecule has 7 aromatic carbocycles. The van der Waals surface area contributed by atoms with Crippen LogP contribution < -0.4 is 60.9 Å². The maximum atomic E-state index is 16.8. The first-order valence-electron chi connectivity index (χ1n) is 41.5. The Morgan fingerprint density at radius 3 is 1.88 bits per heavy atom. The van der Waals surface area contributed by atoms with Gasteiger partial charge in [0.2, 0.25) is 59.7 Å². The largest absolute Gasteiger partial charge is 0.508 e. The number of phenols is 4. The predicted octanol–water partition coefficient (Wildman–Crippen LogP) is 5.92. The average molecular weight is 1850 g/mol. The first-order chi connectivity index (χ1) is 61.7. The lowest BCUT2D eigenvalue weighted by Crippen LogP contribution is -2.66. The number of hydrogen-bond acceptors (Lipinski definition) is 30. The summed E-state index contributed by atoms with van der Waals surface area (Å²) in [4.78, 5) is 153. The molecule has 130 heavy (non-hydrogen) atoms. The molecule has 8 aliphatic heterocycles. The minimum atomic E-state index is -2.50. The molecule has 8 aliphatic rings. The molecule has 0 saturated carbocycles. The molecule has 2 saturated heterocycles. The van der Waals surface area contributed by atoms with Gasteiger partial charge >= 0.3 is 18.0 Å². The molecule has 0 spiro atoms. The van der Waals surface area contributed by atoms with E-state index in [1.165, 1.54) is 37.4 Å². The molecule has 694 valence electrons. The molecule has 18 atom stereocenters. The molecular weight excluding hydrogens is 1750 g/mol. The number of halogens is 2. The number of fused-ring (bicyclic) bond motifs is 14. The van der Waals surface area contributed by atoms with Crippen molar-refractivity contribution in [2.24, 2.45) is 5.92 Å². The second-order valence-corrected chi connectivity index (χ2v) is 34.3. The molecule has 0 aromatic heterocycles. The summed E-state index contributed by atoms with van der Waals surface area (Å²) in [7, 11) is 2.16. The smallest absolute Gasteiger partial charge is 0.410 e. The number of methoxy groups -OCH3 is 1. The van der Waals surface area contributed by atoms with Crippen LogP contribution in [0.2, 0.25) is 10.0 Å². The highest BCUT2D eigenvalue weighted by Gasteiger charge is 2.52. The van der Waals surface area contributed by atoms with E-state index in [9.17, 15) is 80.5 Å². The number of aliphatic hydroxyl groups excluding tert-OH is 7. The number of benzene rings is 7. The molecule has 17 bridgehead atoms. The number of carbonyl (C=O) groups excluding carboxylic acids is 9. The van der Waals surface area contributed by atoms with Crippen LogP contribution in [0.25, 0.3) is 11.1 Å². The standard InChI is InChI=1S/C89H98Cl2N8O31/c1-37(2)14-12-10-8-9-11-13-15-60(105)93-68-72(108)74(110)77(85(120)122-7)129-86(68)128-76-57-30-42-31-58(76)125-54-25-20-41(28-49(54)90)70(106)67-82(116)97-66(84(118)119)47-32-43(101)33-56(126-87-75(111)73(109)71(107)59(36-100)127-87)61(47)46-27-39(18-23-51(46)102)63(79(113)98-67)94-80(114)64(42)95-81(115)65-48-34-45(35-53(104)62(48)91)124-55-29-40(19-24-52(55)103)69(99(6)88(121)130-89(3,4)5)83(117)92-50(78(112)96-65)26-38-16-21-44(123-57)22-17-38/h16-25,27-35,37,50,59,63-75,77,86-87,100-104,106-111H,8-15,26,36H2,1-7H3,(H,92,117)(H,93,105)(H,94,114)(H,95,115)(H,96,112)(H,97,116)(H,98,113)(H,118,119)/t50-,59-,63-,64-,65+,66-,67+,68-,69-,70-,71-,72-,73+,74+,75+,77+,86-,87+/m1/s1. The number of hydrogen-bond donors (Lipinski definition) is 19. The van der Waals surface area contributed by atoms with Crippen molar-refractivity contribution in [2.75, 3.05) is 20.8 Å². The van der Waals surface area contributed by atoms with Crippen molar-refractivity contribution in [3.63, 3.8) is 0 Å². The average Bonchev–Trinajstić information content (AvgIpc) is 0.717. The van der Waals surface area contributed by atoms with Crippen molar-refractivity contribution in [1.82, 2.24) is 42.1 Å². The normalized spacial score (nSPS) is 25.6. The van der Waals surface area contributed by atoms with Crippen LogP contribution in [0.15, 0.2) is 115 Å². The molecule has 8 heterocycles. The predicted molar refractivity (Wildman–Crippen MR) is 453 cm³/mol. The van der Waals surface area contributed by atoms with Crippen molar-refractivity contribution >= 4 is 82.6 Å². The van der Waals surface area contributed by atoms with E-state index in [0.29, 0.717) is 18.8 Å². The first kappa shape index (κ1) is 95.1. The summed E-state index contributed by atoms with van der Waals surface area (Å²) in [6.07, 6.45) is -17.2. The summed E-state index contributed by atoms with van der Waals surface area (Å²) in [6.45, 7) is 7.94. The second kappa shape index (κ2) is 39.8. The number of ether oxygens (including phenoxy) is 9. The van der Waals surface area contributed by atoms with Gasteiger partial charge in [-0.1, -0.05) is 106 Å². The lowest BCUT2D eigenvalue weighted by molar-refractivity contribution is -0.277. The molecule has 19 N–H and O–H groups in total. The van der Waals surface area contributed by atoms with Gasteiger partial charge < -0.3 is 141 Å². The van der Waals surface area contributed by atoms with E-state index in [2.05, 4.69) is 51.1 Å². The number of aliphatic hydroxyl groups is 7. The number of aromatic hydroxyl groups is 4. The van der Waals surface area contributed by atoms with E-state index in [-0.39, 0.29) is 28.9 Å². The fourth-order valence-corrected chi connectivity index (χ4v) is 16.3. The van der Waals surface area contributed by atoms with Gasteiger partial charge in [0.05, 0.1) is 23.8 Å². The van der Waals surface area contributed by atoms with Crippen molar-refractivity contribution in [1.29, 1.82) is 0 Å². The molecule has 0 aliphatic carbocycles. The Bertz CT molecular complexity index is 5500. The summed E-state index contributed by atoms with van der Waals surface area (Å²) >= 11 is 14.3. The monoisotopic (exact) mass is 1840 g/mol. The van der Waals surface area contributed by atoms with Gasteiger partial charge in [0, 0.05) is 54.3 Å². The number of carboxylic acid groups (broad SMARTS) is 1. The number of carboxylic acids is 1. The van der Waals surface area contributed by atoms with Crippen LogP contribution in [0.5, 0.6) is 69.0 Å². The molecule has 8 amide bonds. The summed E-state index contributed by atoms with van der Waals surface area (Å²) in [6, 6.07) is 3.18. The Kier molecular flexibility index (Phi) is 29.1. The topological polar surface area (TPSA) is 584 Å². The summed E-state index contributed by atoms with van der Waals surface area (Å²) < 4.78 is 55.3. The van der Waals surface area contributed by atoms with Crippen molar-refractivity contribution in [3.05, 3.63) is 164 Å². The quantitative estimate of drug-likeness (QED) is 0.0350. The van der Waals surface area contributed by atoms with Gasteiger partial charge in [-0.25, -0.2) is 14.4 Å². The van der Waals surface area contributed by atoms with E-state index >= 15 is 28.8 Å². The van der Waals surface area contributed by atoms with Gasteiger partial charge in [-0.3, -0.25) is 38.5 Å². The number of unbranched alkanes of at least 4 members (excludes halogenated alkanes) is 5. The molecule has 39 nitrogen and oxygen atoms in total. The van der Waals surface area contributed by atoms with Crippen LogP contribution in [0, 0.1) is 5.92 Å². The minimum Gasteiger partial charge on any atom is -0.508 e. The zero-order chi connectivity index (χ0) is 93.9. The van der Waals surface area contributed by atoms with E-state index in [4.69, 9.17) is 65.8 Å². The summed E-state index contributed by atoms with van der Waals surface area (Å²) in [5.74, 6) is -19.2. The molecule has 41 heteroatoms. The molecule has 0 radical (unpaired) electrons. The lowest BCUT2D eigenvalue weighted by Gasteiger charge is -2.41. The van der Waals surface area contributed by atoms with Gasteiger partial charge in [-0.2, -0.15) is 0 Å². The highest BCUT2D eigenvalue weighted by atomic mass is 35.5. The highest BCUT2D eigenvalue weighted by molar-refractivity contribution is 6.33. The molecular formula is C89H98Cl2N8O31. The third-order valence-electron chi connectivity index (χ3n) is 22.6. The van der Waals surface area contributed by atoms with Crippen LogP contribution in [0.4, 0.5) is 4.79 Å². The highest BCUT2D eigenvalue weighted by Crippen LogP contribution is 2.51. The zero-order valence-electron chi connectivity index (χ0n) is 70.8. The third kappa shape index (κ3) is 21.0. The molecule has 0 unspecified atom stereocenters. The number of amides is 8. The Hall–Kier alpha value is -12.5. The van der Waals surface area contributed by atoms with E-state index in [0.717, 1.165) is 129 Å². The Morgan fingerprint density at radius 1 is 0.569 bits per heavy atom. The lowest BCUT2D eigenvalue weighted by atomic mass is 9.89. The van der Waals surface area contributed by atoms with Crippen LogP contribution in [-0.4, -0.2) is 225 Å². The van der Waals surface area contributed by atoms with Gasteiger partial charge in [0.25, 0.3) is 0 Å². The number of nitrogens with one attached hydrogen (secondary N) is 7. The maximum Gasteiger partial charge on any atom is 0.410 e. The van der Waals surface area contributed by atoms with Crippen LogP contribution >= 0.6 is 23.2 Å². The van der Waals surface area contributed by atoms with Gasteiger partial charge in [-0.15, -0.1) is 0 Å². The number of nitrogens with zero attached hydrogens (tertiary/aromatic N) is 1. The van der Waals surface area contributed by atoms with Crippen LogP contribution in [0.1, 0.15) is 161 Å². The Balaban J connectivity index is 1.04. The molecule has 15 rings (SSSR count). The van der Waals surface area contributed by atoms with Crippen molar-refractivity contribution < 1.29 is 152 Å². The van der Waals surface area contributed by atoms with Crippen molar-refractivity contribution in [3.8, 4) is 80.1 Å². The Morgan fingerprint density at radius 2 is 1.20 bits per heavy atom. The van der Waals surface area contributed by atoms with Crippen LogP contribution in [0.3, 0.4) is 0 Å².